The Morgan fingerprint density at radius 2 is 2.11 bits per heavy atom. The van der Waals surface area contributed by atoms with Crippen LogP contribution in [0.4, 0.5) is 5.13 Å². The second kappa shape index (κ2) is 5.71. The molecule has 2 rings (SSSR count). The van der Waals surface area contributed by atoms with Gasteiger partial charge in [-0.15, -0.1) is 11.3 Å². The van der Waals surface area contributed by atoms with Crippen LogP contribution in [0, 0.1) is 17.2 Å². The van der Waals surface area contributed by atoms with Crippen LogP contribution in [0.2, 0.25) is 0 Å². The topological polar surface area (TPSA) is 39.9 Å². The second-order valence-corrected chi connectivity index (χ2v) is 6.53. The Morgan fingerprint density at radius 3 is 2.67 bits per heavy atom. The number of thiazole rings is 1. The smallest absolute Gasteiger partial charge is 0.185 e. The average Bonchev–Trinajstić information content (AvgIpc) is 2.75. The molecule has 0 N–H and O–H groups in total. The summed E-state index contributed by atoms with van der Waals surface area (Å²) < 4.78 is 0. The summed E-state index contributed by atoms with van der Waals surface area (Å²) in [4.78, 5) is 8.31. The zero-order chi connectivity index (χ0) is 13.1. The molecule has 0 unspecified atom stereocenters. The Morgan fingerprint density at radius 1 is 1.44 bits per heavy atom. The van der Waals surface area contributed by atoms with Crippen LogP contribution in [-0.4, -0.2) is 18.1 Å². The standard InChI is InChI=1S/C14H21N3S/c1-10(2)13-12(4-7-15)18-14(16-13)17-8-5-11(3)6-9-17/h10-11H,4-6,8-9H2,1-3H3. The molecule has 98 valence electrons. The largest absolute Gasteiger partial charge is 0.348 e. The lowest BCUT2D eigenvalue weighted by molar-refractivity contribution is 0.438. The van der Waals surface area contributed by atoms with Crippen LogP contribution >= 0.6 is 11.3 Å². The molecular formula is C14H21N3S. The molecule has 1 aromatic rings. The zero-order valence-corrected chi connectivity index (χ0v) is 12.3. The van der Waals surface area contributed by atoms with Gasteiger partial charge in [0.05, 0.1) is 18.2 Å². The van der Waals surface area contributed by atoms with Crippen molar-refractivity contribution in [2.45, 2.75) is 46.0 Å². The van der Waals surface area contributed by atoms with E-state index in [2.05, 4.69) is 31.7 Å². The van der Waals surface area contributed by atoms with Crippen LogP contribution in [0.3, 0.4) is 0 Å². The number of nitriles is 1. The summed E-state index contributed by atoms with van der Waals surface area (Å²) in [5.41, 5.74) is 1.12. The molecule has 1 aliphatic heterocycles. The van der Waals surface area contributed by atoms with Crippen LogP contribution in [0.1, 0.15) is 50.1 Å². The summed E-state index contributed by atoms with van der Waals surface area (Å²) in [5.74, 6) is 1.24. The molecule has 0 aliphatic carbocycles. The fourth-order valence-corrected chi connectivity index (χ4v) is 3.53. The maximum atomic E-state index is 8.90. The van der Waals surface area contributed by atoms with E-state index in [1.807, 2.05) is 0 Å². The molecular weight excluding hydrogens is 242 g/mol. The molecule has 0 saturated carbocycles. The minimum Gasteiger partial charge on any atom is -0.348 e. The monoisotopic (exact) mass is 263 g/mol. The molecule has 0 radical (unpaired) electrons. The van der Waals surface area contributed by atoms with Gasteiger partial charge in [0.1, 0.15) is 0 Å². The average molecular weight is 263 g/mol. The quantitative estimate of drug-likeness (QED) is 0.837. The summed E-state index contributed by atoms with van der Waals surface area (Å²) in [6.07, 6.45) is 3.00. The zero-order valence-electron chi connectivity index (χ0n) is 11.4. The first kappa shape index (κ1) is 13.4. The summed E-state index contributed by atoms with van der Waals surface area (Å²) in [6.45, 7) is 8.84. The van der Waals surface area contributed by atoms with Crippen LogP contribution in [0.5, 0.6) is 0 Å². The van der Waals surface area contributed by atoms with Crippen LogP contribution < -0.4 is 4.90 Å². The molecule has 1 saturated heterocycles. The Balaban J connectivity index is 2.18. The second-order valence-electron chi connectivity index (χ2n) is 5.46. The molecule has 0 bridgehead atoms. The van der Waals surface area contributed by atoms with Crippen molar-refractivity contribution in [3.63, 3.8) is 0 Å². The Kier molecular flexibility index (Phi) is 4.23. The van der Waals surface area contributed by atoms with E-state index in [9.17, 15) is 0 Å². The minimum atomic E-state index is 0.405. The van der Waals surface area contributed by atoms with Crippen molar-refractivity contribution in [3.8, 4) is 6.07 Å². The third-order valence-electron chi connectivity index (χ3n) is 3.56. The lowest BCUT2D eigenvalue weighted by Crippen LogP contribution is -2.32. The van der Waals surface area contributed by atoms with Gasteiger partial charge in [-0.3, -0.25) is 0 Å². The molecule has 3 nitrogen and oxygen atoms in total. The van der Waals surface area contributed by atoms with E-state index in [-0.39, 0.29) is 0 Å². The van der Waals surface area contributed by atoms with Gasteiger partial charge in [-0.1, -0.05) is 20.8 Å². The SMILES string of the molecule is CC1CCN(c2nc(C(C)C)c(CC#N)s2)CC1. The summed E-state index contributed by atoms with van der Waals surface area (Å²) in [7, 11) is 0. The molecule has 4 heteroatoms. The minimum absolute atomic E-state index is 0.405. The molecule has 0 spiro atoms. The first-order valence-corrected chi connectivity index (χ1v) is 7.55. The number of hydrogen-bond donors (Lipinski definition) is 0. The highest BCUT2D eigenvalue weighted by Gasteiger charge is 2.21. The normalized spacial score (nSPS) is 17.2. The van der Waals surface area contributed by atoms with Crippen molar-refractivity contribution in [2.75, 3.05) is 18.0 Å². The van der Waals surface area contributed by atoms with Crippen molar-refractivity contribution >= 4 is 16.5 Å². The Labute approximate surface area is 113 Å². The van der Waals surface area contributed by atoms with Crippen molar-refractivity contribution in [3.05, 3.63) is 10.6 Å². The Hall–Kier alpha value is -1.08. The maximum absolute atomic E-state index is 8.90. The van der Waals surface area contributed by atoms with E-state index in [1.165, 1.54) is 12.8 Å². The highest BCUT2D eigenvalue weighted by Crippen LogP contribution is 2.33. The third kappa shape index (κ3) is 2.84. The van der Waals surface area contributed by atoms with E-state index in [0.29, 0.717) is 12.3 Å². The fourth-order valence-electron chi connectivity index (χ4n) is 2.34. The number of nitrogens with zero attached hydrogens (tertiary/aromatic N) is 3. The highest BCUT2D eigenvalue weighted by molar-refractivity contribution is 7.15. The summed E-state index contributed by atoms with van der Waals surface area (Å²) in [6, 6.07) is 2.25. The molecule has 1 aliphatic rings. The third-order valence-corrected chi connectivity index (χ3v) is 4.69. The molecule has 0 aromatic carbocycles. The van der Waals surface area contributed by atoms with Crippen LogP contribution in [-0.2, 0) is 6.42 Å². The molecule has 1 aromatic heterocycles. The number of piperidine rings is 1. The fraction of sp³-hybridized carbons (Fsp3) is 0.714. The van der Waals surface area contributed by atoms with Crippen molar-refractivity contribution in [1.29, 1.82) is 5.26 Å². The highest BCUT2D eigenvalue weighted by atomic mass is 32.1. The number of hydrogen-bond acceptors (Lipinski definition) is 4. The number of rotatable bonds is 3. The van der Waals surface area contributed by atoms with E-state index in [4.69, 9.17) is 10.2 Å². The van der Waals surface area contributed by atoms with Gasteiger partial charge in [0.2, 0.25) is 0 Å². The van der Waals surface area contributed by atoms with E-state index in [0.717, 1.165) is 34.7 Å². The van der Waals surface area contributed by atoms with Gasteiger partial charge in [0, 0.05) is 18.0 Å². The molecule has 0 atom stereocenters. The maximum Gasteiger partial charge on any atom is 0.185 e. The predicted molar refractivity (Wildman–Crippen MR) is 76.1 cm³/mol. The van der Waals surface area contributed by atoms with Gasteiger partial charge in [0.15, 0.2) is 5.13 Å². The van der Waals surface area contributed by atoms with Gasteiger partial charge in [-0.25, -0.2) is 4.98 Å². The molecule has 18 heavy (non-hydrogen) atoms. The number of aromatic nitrogens is 1. The van der Waals surface area contributed by atoms with Crippen molar-refractivity contribution < 1.29 is 0 Å². The van der Waals surface area contributed by atoms with Crippen LogP contribution in [0.15, 0.2) is 0 Å². The predicted octanol–water partition coefficient (Wildman–Crippen LogP) is 3.57. The summed E-state index contributed by atoms with van der Waals surface area (Å²) in [5, 5.41) is 10.0. The van der Waals surface area contributed by atoms with Crippen LogP contribution in [0.25, 0.3) is 0 Å². The first-order valence-electron chi connectivity index (χ1n) is 6.73. The van der Waals surface area contributed by atoms with Crippen molar-refractivity contribution in [2.24, 2.45) is 5.92 Å². The first-order chi connectivity index (χ1) is 8.61. The Bertz CT molecular complexity index is 436. The van der Waals surface area contributed by atoms with E-state index in [1.54, 1.807) is 11.3 Å². The van der Waals surface area contributed by atoms with Gasteiger partial charge in [0.25, 0.3) is 0 Å². The molecule has 2 heterocycles. The lowest BCUT2D eigenvalue weighted by Gasteiger charge is -2.29. The van der Waals surface area contributed by atoms with Gasteiger partial charge in [-0.05, 0) is 24.7 Å². The van der Waals surface area contributed by atoms with Gasteiger partial charge < -0.3 is 4.90 Å². The summed E-state index contributed by atoms with van der Waals surface area (Å²) >= 11 is 1.71. The van der Waals surface area contributed by atoms with E-state index < -0.39 is 0 Å². The van der Waals surface area contributed by atoms with Gasteiger partial charge >= 0.3 is 0 Å². The molecule has 0 amide bonds. The van der Waals surface area contributed by atoms with Crippen molar-refractivity contribution in [1.82, 2.24) is 4.98 Å². The van der Waals surface area contributed by atoms with E-state index >= 15 is 0 Å². The molecule has 1 fully saturated rings. The van der Waals surface area contributed by atoms with Gasteiger partial charge in [-0.2, -0.15) is 5.26 Å². The number of anilines is 1. The lowest BCUT2D eigenvalue weighted by atomic mass is 10.00.